The van der Waals surface area contributed by atoms with Crippen LogP contribution in [-0.4, -0.2) is 60.8 Å². The molecule has 2 atom stereocenters. The van der Waals surface area contributed by atoms with E-state index in [1.807, 2.05) is 31.2 Å². The first-order valence-electron chi connectivity index (χ1n) is 14.3. The van der Waals surface area contributed by atoms with Crippen LogP contribution in [-0.2, 0) is 14.6 Å². The fourth-order valence-electron chi connectivity index (χ4n) is 5.14. The highest BCUT2D eigenvalue weighted by Crippen LogP contribution is 2.48. The van der Waals surface area contributed by atoms with Crippen molar-refractivity contribution in [3.8, 4) is 28.7 Å². The lowest BCUT2D eigenvalue weighted by atomic mass is 10.0. The van der Waals surface area contributed by atoms with Gasteiger partial charge in [-0.25, -0.2) is 8.42 Å². The van der Waals surface area contributed by atoms with Crippen molar-refractivity contribution >= 4 is 27.4 Å². The van der Waals surface area contributed by atoms with Crippen LogP contribution in [0.25, 0.3) is 0 Å². The Morgan fingerprint density at radius 1 is 0.886 bits per heavy atom. The molecule has 1 aliphatic heterocycles. The van der Waals surface area contributed by atoms with E-state index in [-0.39, 0.29) is 41.0 Å². The average molecular weight is 645 g/mol. The third-order valence-corrected chi connectivity index (χ3v) is 10.2. The van der Waals surface area contributed by atoms with Gasteiger partial charge in [0.2, 0.25) is 5.75 Å². The van der Waals surface area contributed by atoms with E-state index >= 15 is 0 Å². The number of thioether (sulfide) groups is 1. The molecule has 3 aromatic carbocycles. The van der Waals surface area contributed by atoms with Crippen molar-refractivity contribution in [2.24, 2.45) is 5.73 Å². The molecule has 1 aliphatic rings. The lowest BCUT2D eigenvalue weighted by Gasteiger charge is -2.21. The first-order valence-corrected chi connectivity index (χ1v) is 16.9. The Bertz CT molecular complexity index is 1540. The van der Waals surface area contributed by atoms with Crippen molar-refractivity contribution in [2.75, 3.05) is 46.6 Å². The summed E-state index contributed by atoms with van der Waals surface area (Å²) in [6.45, 7) is 2.09. The molecule has 3 N–H and O–H groups in total. The van der Waals surface area contributed by atoms with E-state index in [0.717, 1.165) is 10.5 Å². The summed E-state index contributed by atoms with van der Waals surface area (Å²) in [5, 5.41) is 7.54. The zero-order valence-corrected chi connectivity index (χ0v) is 27.3. The van der Waals surface area contributed by atoms with E-state index in [1.165, 1.54) is 7.11 Å². The highest BCUT2D eigenvalue weighted by molar-refractivity contribution is 7.99. The molecule has 1 saturated heterocycles. The van der Waals surface area contributed by atoms with Gasteiger partial charge in [-0.3, -0.25) is 5.41 Å². The van der Waals surface area contributed by atoms with E-state index in [0.29, 0.717) is 59.1 Å². The van der Waals surface area contributed by atoms with Crippen molar-refractivity contribution in [3.63, 3.8) is 0 Å². The topological polar surface area (TPSA) is 139 Å². The van der Waals surface area contributed by atoms with E-state index < -0.39 is 9.84 Å². The fraction of sp³-hybridized carbons (Fsp3) is 0.406. The highest BCUT2D eigenvalue weighted by Gasteiger charge is 2.32. The predicted octanol–water partition coefficient (Wildman–Crippen LogP) is 5.95. The van der Waals surface area contributed by atoms with E-state index in [9.17, 15) is 8.42 Å². The Morgan fingerprint density at radius 2 is 1.43 bits per heavy atom. The lowest BCUT2D eigenvalue weighted by Crippen LogP contribution is -2.13. The van der Waals surface area contributed by atoms with Crippen molar-refractivity contribution in [1.29, 1.82) is 5.41 Å². The number of nitrogens with one attached hydrogen (secondary N) is 1. The monoisotopic (exact) mass is 644 g/mol. The van der Waals surface area contributed by atoms with Crippen LogP contribution in [0.15, 0.2) is 58.3 Å². The number of amidine groups is 1. The lowest BCUT2D eigenvalue weighted by molar-refractivity contribution is 0.0435. The zero-order valence-electron chi connectivity index (χ0n) is 25.7. The first-order chi connectivity index (χ1) is 21.1. The molecule has 0 bridgehead atoms. The molecule has 0 amide bonds. The third kappa shape index (κ3) is 7.54. The molecule has 0 saturated carbocycles. The predicted molar refractivity (Wildman–Crippen MR) is 171 cm³/mol. The molecule has 0 spiro atoms. The molecule has 10 nitrogen and oxygen atoms in total. The van der Waals surface area contributed by atoms with Gasteiger partial charge in [-0.15, -0.1) is 11.8 Å². The van der Waals surface area contributed by atoms with Gasteiger partial charge < -0.3 is 34.2 Å². The Labute approximate surface area is 263 Å². The molecule has 0 aliphatic carbocycles. The summed E-state index contributed by atoms with van der Waals surface area (Å²) in [5.74, 6) is 2.69. The molecular weight excluding hydrogens is 604 g/mol. The maximum absolute atomic E-state index is 13.5. The Hall–Kier alpha value is -3.61. The van der Waals surface area contributed by atoms with E-state index in [1.54, 1.807) is 57.4 Å². The molecule has 44 heavy (non-hydrogen) atoms. The van der Waals surface area contributed by atoms with Crippen LogP contribution < -0.4 is 29.4 Å². The van der Waals surface area contributed by atoms with Crippen LogP contribution in [0.4, 0.5) is 0 Å². The highest BCUT2D eigenvalue weighted by atomic mass is 32.2. The van der Waals surface area contributed by atoms with Gasteiger partial charge in [0.1, 0.15) is 10.7 Å². The van der Waals surface area contributed by atoms with Gasteiger partial charge in [-0.1, -0.05) is 19.1 Å². The SMILES string of the molecule is CCCS(=O)(=O)c1cc(C2CCC(c3cc(OC)c(OC)c(OC)c3)O2)cc(OC)c1OCCSc1ccc(C(=N)N)cc1. The minimum Gasteiger partial charge on any atom is -0.493 e. The van der Waals surface area contributed by atoms with Crippen LogP contribution in [0.2, 0.25) is 0 Å². The summed E-state index contributed by atoms with van der Waals surface area (Å²) in [5.41, 5.74) is 7.78. The number of benzene rings is 3. The summed E-state index contributed by atoms with van der Waals surface area (Å²) in [6.07, 6.45) is 1.24. The second kappa shape index (κ2) is 14.9. The van der Waals surface area contributed by atoms with Crippen molar-refractivity contribution < 1.29 is 36.8 Å². The number of methoxy groups -OCH3 is 4. The maximum Gasteiger partial charge on any atom is 0.203 e. The number of hydrogen-bond acceptors (Lipinski definition) is 10. The summed E-state index contributed by atoms with van der Waals surface area (Å²) in [7, 11) is 2.53. The summed E-state index contributed by atoms with van der Waals surface area (Å²) < 4.78 is 61.7. The first kappa shape index (κ1) is 33.3. The Kier molecular flexibility index (Phi) is 11.3. The molecule has 4 rings (SSSR count). The number of ether oxygens (including phenoxy) is 6. The van der Waals surface area contributed by atoms with Crippen LogP contribution in [0.5, 0.6) is 28.7 Å². The third-order valence-electron chi connectivity index (χ3n) is 7.28. The molecule has 3 aromatic rings. The minimum atomic E-state index is -3.67. The van der Waals surface area contributed by atoms with Gasteiger partial charge in [0, 0.05) is 16.2 Å². The largest absolute Gasteiger partial charge is 0.493 e. The van der Waals surface area contributed by atoms with Gasteiger partial charge in [0.25, 0.3) is 0 Å². The second-order valence-electron chi connectivity index (χ2n) is 10.2. The number of nitrogen functional groups attached to an aromatic ring is 1. The van der Waals surface area contributed by atoms with E-state index in [2.05, 4.69) is 0 Å². The number of nitrogens with two attached hydrogens (primary N) is 1. The fourth-order valence-corrected chi connectivity index (χ4v) is 7.38. The number of sulfone groups is 1. The average Bonchev–Trinajstić information content (AvgIpc) is 3.52. The molecule has 1 heterocycles. The standard InChI is InChI=1S/C32H40N2O8S2/c1-6-15-44(35,36)29-19-22(25-12-11-24(42-25)21-16-26(37-2)30(40-5)27(17-21)38-3)18-28(39-4)31(29)41-13-14-43-23-9-7-20(8-10-23)32(33)34/h7-10,16-19,24-25H,6,11-15H2,1-5H3,(H3,33,34). The Balaban J connectivity index is 1.56. The molecule has 0 radical (unpaired) electrons. The smallest absolute Gasteiger partial charge is 0.203 e. The van der Waals surface area contributed by atoms with Crippen LogP contribution in [0, 0.1) is 5.41 Å². The van der Waals surface area contributed by atoms with Gasteiger partial charge in [-0.05, 0) is 66.8 Å². The summed E-state index contributed by atoms with van der Waals surface area (Å²) >= 11 is 1.55. The number of rotatable bonds is 15. The van der Waals surface area contributed by atoms with E-state index in [4.69, 9.17) is 39.6 Å². The van der Waals surface area contributed by atoms with Gasteiger partial charge in [-0.2, -0.15) is 0 Å². The summed E-state index contributed by atoms with van der Waals surface area (Å²) in [6, 6.07) is 14.6. The van der Waals surface area contributed by atoms with Crippen molar-refractivity contribution in [1.82, 2.24) is 0 Å². The van der Waals surface area contributed by atoms with Crippen molar-refractivity contribution in [3.05, 3.63) is 65.2 Å². The number of hydrogen-bond donors (Lipinski definition) is 2. The van der Waals surface area contributed by atoms with Gasteiger partial charge >= 0.3 is 0 Å². The molecule has 2 unspecified atom stereocenters. The van der Waals surface area contributed by atoms with Crippen molar-refractivity contribution in [2.45, 2.75) is 48.2 Å². The van der Waals surface area contributed by atoms with Gasteiger partial charge in [0.05, 0.1) is 53.0 Å². The molecule has 0 aromatic heterocycles. The van der Waals surface area contributed by atoms with Crippen LogP contribution in [0.1, 0.15) is 55.1 Å². The second-order valence-corrected chi connectivity index (χ2v) is 13.4. The maximum atomic E-state index is 13.5. The molecular formula is C32H40N2O8S2. The Morgan fingerprint density at radius 3 is 1.93 bits per heavy atom. The normalized spacial score (nSPS) is 16.4. The summed E-state index contributed by atoms with van der Waals surface area (Å²) in [4.78, 5) is 1.09. The quantitative estimate of drug-likeness (QED) is 0.0883. The molecule has 238 valence electrons. The van der Waals surface area contributed by atoms with Crippen LogP contribution >= 0.6 is 11.8 Å². The molecule has 12 heteroatoms. The molecule has 1 fully saturated rings. The van der Waals surface area contributed by atoms with Gasteiger partial charge in [0.15, 0.2) is 32.8 Å². The van der Waals surface area contributed by atoms with Crippen LogP contribution in [0.3, 0.4) is 0 Å². The minimum absolute atomic E-state index is 0.0148. The zero-order chi connectivity index (χ0) is 31.9.